The molecule has 9 nitrogen and oxygen atoms in total. The van der Waals surface area contributed by atoms with Crippen molar-refractivity contribution in [1.82, 2.24) is 14.8 Å². The summed E-state index contributed by atoms with van der Waals surface area (Å²) in [5.41, 5.74) is -0.326. The van der Waals surface area contributed by atoms with E-state index in [-0.39, 0.29) is 44.9 Å². The molecule has 1 aliphatic rings. The highest BCUT2D eigenvalue weighted by atomic mass is 32.2. The molecule has 5 rings (SSSR count). The van der Waals surface area contributed by atoms with E-state index in [4.69, 9.17) is 4.74 Å². The summed E-state index contributed by atoms with van der Waals surface area (Å²) in [6.45, 7) is -0.308. The summed E-state index contributed by atoms with van der Waals surface area (Å²) < 4.78 is 124. The number of urea groups is 1. The molecule has 0 bridgehead atoms. The van der Waals surface area contributed by atoms with E-state index < -0.39 is 54.8 Å². The number of anilines is 2. The number of ether oxygens (including phenoxy) is 1. The van der Waals surface area contributed by atoms with E-state index >= 15 is 4.39 Å². The molecule has 1 saturated heterocycles. The number of nitrogens with zero attached hydrogens (tertiary/aromatic N) is 5. The molecule has 1 fully saturated rings. The van der Waals surface area contributed by atoms with Crippen molar-refractivity contribution < 1.29 is 53.8 Å². The number of alkyl halides is 8. The van der Waals surface area contributed by atoms with E-state index in [0.717, 1.165) is 45.9 Å². The standard InChI is InChI=1S/C30H21F9N6O3S/c1-16-2-3-18(12-48-14-28(32,33)34)23(10-16)45-24(46)13-49-27(45)42-26(47)41-22-9-4-17(11-21(22)31)25-40-15-44(43-25)20-7-5-19(6-8-20)29(35,36)30(37,38)39/h2-11,15H,12-14H2,1H3,(H,41,47)/b42-27-. The summed E-state index contributed by atoms with van der Waals surface area (Å²) in [7, 11) is 0. The third kappa shape index (κ3) is 8.05. The van der Waals surface area contributed by atoms with Gasteiger partial charge in [0.05, 0.1) is 29.4 Å². The van der Waals surface area contributed by atoms with E-state index in [1.165, 1.54) is 24.3 Å². The molecule has 3 amide bonds. The summed E-state index contributed by atoms with van der Waals surface area (Å²) >= 11 is 0.887. The normalized spacial score (nSPS) is 14.9. The number of hydrogen-bond donors (Lipinski definition) is 1. The Morgan fingerprint density at radius 3 is 2.37 bits per heavy atom. The predicted molar refractivity (Wildman–Crippen MR) is 160 cm³/mol. The van der Waals surface area contributed by atoms with Crippen molar-refractivity contribution in [1.29, 1.82) is 0 Å². The SMILES string of the molecule is Cc1ccc(COCC(F)(F)F)c(N2C(=O)CS/C2=N\C(=O)Nc2ccc(-c3ncn(-c4ccc(C(F)(F)C(F)(F)F)cc4)n3)cc2F)c1. The number of amides is 3. The predicted octanol–water partition coefficient (Wildman–Crippen LogP) is 7.78. The lowest BCUT2D eigenvalue weighted by Gasteiger charge is -2.21. The molecule has 0 atom stereocenters. The highest BCUT2D eigenvalue weighted by Gasteiger charge is 2.58. The van der Waals surface area contributed by atoms with Crippen LogP contribution in [0, 0.1) is 12.7 Å². The average molecular weight is 717 g/mol. The van der Waals surface area contributed by atoms with Gasteiger partial charge < -0.3 is 10.1 Å². The molecule has 0 spiro atoms. The summed E-state index contributed by atoms with van der Waals surface area (Å²) in [6, 6.07) is 10.2. The van der Waals surface area contributed by atoms with Gasteiger partial charge in [-0.1, -0.05) is 36.0 Å². The number of carbonyl (C=O) groups excluding carboxylic acids is 2. The monoisotopic (exact) mass is 716 g/mol. The lowest BCUT2D eigenvalue weighted by atomic mass is 10.1. The molecule has 3 aromatic carbocycles. The van der Waals surface area contributed by atoms with Crippen LogP contribution in [0.5, 0.6) is 0 Å². The van der Waals surface area contributed by atoms with Crippen LogP contribution in [0.15, 0.2) is 72.0 Å². The fourth-order valence-electron chi connectivity index (χ4n) is 4.46. The molecule has 49 heavy (non-hydrogen) atoms. The van der Waals surface area contributed by atoms with Crippen molar-refractivity contribution in [2.24, 2.45) is 4.99 Å². The minimum Gasteiger partial charge on any atom is -0.367 e. The van der Waals surface area contributed by atoms with Gasteiger partial charge in [-0.2, -0.15) is 40.1 Å². The molecule has 2 heterocycles. The Kier molecular flexibility index (Phi) is 9.78. The van der Waals surface area contributed by atoms with Gasteiger partial charge in [-0.05, 0) is 48.9 Å². The van der Waals surface area contributed by atoms with Crippen molar-refractivity contribution in [3.8, 4) is 17.1 Å². The van der Waals surface area contributed by atoms with Crippen molar-refractivity contribution >= 4 is 40.2 Å². The number of aliphatic imine (C=N–C) groups is 1. The van der Waals surface area contributed by atoms with Crippen LogP contribution >= 0.6 is 11.8 Å². The number of aryl methyl sites for hydroxylation is 1. The van der Waals surface area contributed by atoms with Crippen LogP contribution in [-0.4, -0.2) is 56.6 Å². The lowest BCUT2D eigenvalue weighted by Crippen LogP contribution is -2.33. The molecular formula is C30H21F9N6O3S. The number of carbonyl (C=O) groups is 2. The molecule has 0 unspecified atom stereocenters. The first-order valence-electron chi connectivity index (χ1n) is 13.8. The maximum atomic E-state index is 15.0. The average Bonchev–Trinajstić information content (AvgIpc) is 3.65. The van der Waals surface area contributed by atoms with Crippen LogP contribution in [0.3, 0.4) is 0 Å². The summed E-state index contributed by atoms with van der Waals surface area (Å²) in [6.07, 6.45) is -9.22. The molecule has 0 aliphatic carbocycles. The van der Waals surface area contributed by atoms with Crippen LogP contribution in [-0.2, 0) is 22.1 Å². The zero-order valence-electron chi connectivity index (χ0n) is 24.7. The Morgan fingerprint density at radius 2 is 1.71 bits per heavy atom. The Hall–Kier alpha value is -4.91. The minimum atomic E-state index is -5.78. The van der Waals surface area contributed by atoms with E-state index in [1.54, 1.807) is 13.0 Å². The number of hydrogen-bond acceptors (Lipinski definition) is 6. The Balaban J connectivity index is 1.30. The number of rotatable bonds is 8. The van der Waals surface area contributed by atoms with E-state index in [9.17, 15) is 44.7 Å². The first-order chi connectivity index (χ1) is 22.9. The van der Waals surface area contributed by atoms with Crippen LogP contribution in [0.2, 0.25) is 0 Å². The van der Waals surface area contributed by atoms with Gasteiger partial charge in [0.15, 0.2) is 11.0 Å². The van der Waals surface area contributed by atoms with Crippen LogP contribution in [0.25, 0.3) is 17.1 Å². The lowest BCUT2D eigenvalue weighted by molar-refractivity contribution is -0.289. The second-order valence-corrected chi connectivity index (χ2v) is 11.4. The highest BCUT2D eigenvalue weighted by molar-refractivity contribution is 8.15. The molecule has 4 aromatic rings. The second-order valence-electron chi connectivity index (χ2n) is 10.4. The maximum absolute atomic E-state index is 15.0. The summed E-state index contributed by atoms with van der Waals surface area (Å²) in [4.78, 5) is 34.5. The van der Waals surface area contributed by atoms with E-state index in [1.807, 2.05) is 0 Å². The van der Waals surface area contributed by atoms with Gasteiger partial charge in [-0.25, -0.2) is 18.9 Å². The number of benzene rings is 3. The molecule has 19 heteroatoms. The van der Waals surface area contributed by atoms with Gasteiger partial charge in [0.25, 0.3) is 0 Å². The van der Waals surface area contributed by atoms with Gasteiger partial charge >= 0.3 is 24.3 Å². The molecule has 1 aromatic heterocycles. The number of nitrogens with one attached hydrogen (secondary N) is 1. The van der Waals surface area contributed by atoms with Gasteiger partial charge in [-0.15, -0.1) is 5.10 Å². The summed E-state index contributed by atoms with van der Waals surface area (Å²) in [5, 5.41) is 6.24. The van der Waals surface area contributed by atoms with Gasteiger partial charge in [0.2, 0.25) is 5.91 Å². The number of aromatic nitrogens is 3. The first-order valence-corrected chi connectivity index (χ1v) is 14.8. The zero-order valence-corrected chi connectivity index (χ0v) is 25.6. The van der Waals surface area contributed by atoms with Gasteiger partial charge in [-0.3, -0.25) is 9.69 Å². The third-order valence-electron chi connectivity index (χ3n) is 6.78. The van der Waals surface area contributed by atoms with Crippen molar-refractivity contribution in [3.63, 3.8) is 0 Å². The van der Waals surface area contributed by atoms with E-state index in [0.29, 0.717) is 17.7 Å². The number of halogens is 9. The quantitative estimate of drug-likeness (QED) is 0.187. The summed E-state index contributed by atoms with van der Waals surface area (Å²) in [5.74, 6) is -6.69. The van der Waals surface area contributed by atoms with Gasteiger partial charge in [0.1, 0.15) is 18.8 Å². The topological polar surface area (TPSA) is 102 Å². The molecule has 1 aliphatic heterocycles. The molecule has 258 valence electrons. The maximum Gasteiger partial charge on any atom is 0.458 e. The molecule has 0 saturated carbocycles. The van der Waals surface area contributed by atoms with E-state index in [2.05, 4.69) is 20.4 Å². The van der Waals surface area contributed by atoms with Crippen molar-refractivity contribution in [2.75, 3.05) is 22.6 Å². The second kappa shape index (κ2) is 13.5. The molecule has 1 N–H and O–H groups in total. The molecule has 0 radical (unpaired) electrons. The van der Waals surface area contributed by atoms with Gasteiger partial charge in [0, 0.05) is 16.7 Å². The fourth-order valence-corrected chi connectivity index (χ4v) is 5.31. The zero-order chi connectivity index (χ0) is 35.7. The van der Waals surface area contributed by atoms with Crippen LogP contribution in [0.4, 0.5) is 55.7 Å². The number of amidine groups is 1. The Labute approximate surface area is 274 Å². The smallest absolute Gasteiger partial charge is 0.367 e. The highest BCUT2D eigenvalue weighted by Crippen LogP contribution is 2.44. The largest absolute Gasteiger partial charge is 0.458 e. The van der Waals surface area contributed by atoms with Crippen molar-refractivity contribution in [2.45, 2.75) is 31.8 Å². The first kappa shape index (κ1) is 35.4. The Morgan fingerprint density at radius 1 is 1.00 bits per heavy atom. The van der Waals surface area contributed by atoms with Crippen LogP contribution in [0.1, 0.15) is 16.7 Å². The Bertz CT molecular complexity index is 1910. The molecular weight excluding hydrogens is 695 g/mol. The fraction of sp³-hybridized carbons (Fsp3) is 0.233. The third-order valence-corrected chi connectivity index (χ3v) is 7.70. The van der Waals surface area contributed by atoms with Crippen molar-refractivity contribution in [3.05, 3.63) is 89.5 Å². The number of thioether (sulfide) groups is 1. The van der Waals surface area contributed by atoms with Crippen LogP contribution < -0.4 is 10.2 Å². The minimum absolute atomic E-state index is 0.0496.